The Hall–Kier alpha value is -3.39. The molecule has 8 nitrogen and oxygen atoms in total. The summed E-state index contributed by atoms with van der Waals surface area (Å²) in [5.74, 6) is 1.82. The summed E-state index contributed by atoms with van der Waals surface area (Å²) in [4.78, 5) is 20.3. The maximum Gasteiger partial charge on any atom is 0.256 e. The van der Waals surface area contributed by atoms with E-state index >= 15 is 0 Å². The second-order valence-electron chi connectivity index (χ2n) is 8.75. The minimum absolute atomic E-state index is 0. The van der Waals surface area contributed by atoms with E-state index in [1.165, 1.54) is 0 Å². The van der Waals surface area contributed by atoms with E-state index in [1.807, 2.05) is 23.1 Å². The molecule has 3 N–H and O–H groups in total. The third-order valence-electron chi connectivity index (χ3n) is 6.62. The van der Waals surface area contributed by atoms with Gasteiger partial charge >= 0.3 is 0 Å². The number of carbonyl (C=O) groups is 1. The van der Waals surface area contributed by atoms with E-state index in [0.717, 1.165) is 73.0 Å². The van der Waals surface area contributed by atoms with Crippen molar-refractivity contribution < 1.29 is 10.3 Å². The van der Waals surface area contributed by atoms with Crippen LogP contribution in [0.1, 0.15) is 57.4 Å². The van der Waals surface area contributed by atoms with Crippen molar-refractivity contribution in [1.29, 1.82) is 0 Å². The fourth-order valence-corrected chi connectivity index (χ4v) is 4.88. The van der Waals surface area contributed by atoms with Crippen molar-refractivity contribution >= 4 is 11.7 Å². The van der Waals surface area contributed by atoms with Crippen LogP contribution in [0.3, 0.4) is 0 Å². The molecule has 0 radical (unpaired) electrons. The minimum Gasteiger partial charge on any atom is -0.412 e. The second-order valence-corrected chi connectivity index (χ2v) is 8.75. The Morgan fingerprint density at radius 3 is 2.42 bits per heavy atom. The lowest BCUT2D eigenvalue weighted by atomic mass is 9.97. The van der Waals surface area contributed by atoms with Crippen LogP contribution in [0.2, 0.25) is 0 Å². The molecule has 2 aromatic carbocycles. The second kappa shape index (κ2) is 9.62. The number of H-pyrrole nitrogens is 1. The van der Waals surface area contributed by atoms with Crippen LogP contribution < -0.4 is 0 Å². The van der Waals surface area contributed by atoms with Crippen LogP contribution in [-0.4, -0.2) is 48.3 Å². The number of aromatic nitrogens is 4. The number of amidine groups is 1. The molecule has 8 heteroatoms. The molecule has 1 amide bonds. The lowest BCUT2D eigenvalue weighted by Crippen LogP contribution is -2.40. The number of carbonyl (C=O) groups excluding carboxylic acids is 1. The molecule has 0 saturated heterocycles. The molecule has 1 fully saturated rings. The van der Waals surface area contributed by atoms with Gasteiger partial charge in [0.25, 0.3) is 5.91 Å². The van der Waals surface area contributed by atoms with Crippen LogP contribution in [0.4, 0.5) is 0 Å². The summed E-state index contributed by atoms with van der Waals surface area (Å²) in [5, 5.41) is 14.3. The molecule has 1 spiro atoms. The van der Waals surface area contributed by atoms with E-state index in [1.54, 1.807) is 0 Å². The highest BCUT2D eigenvalue weighted by molar-refractivity contribution is 6.08. The van der Waals surface area contributed by atoms with E-state index < -0.39 is 5.54 Å². The van der Waals surface area contributed by atoms with Gasteiger partial charge in [0.1, 0.15) is 11.4 Å². The van der Waals surface area contributed by atoms with Gasteiger partial charge in [0.05, 0.1) is 6.54 Å². The molecular formula is C25H30N6O2. The van der Waals surface area contributed by atoms with Crippen molar-refractivity contribution in [2.75, 3.05) is 0 Å². The van der Waals surface area contributed by atoms with Crippen LogP contribution in [0.25, 0.3) is 22.5 Å². The number of amides is 1. The van der Waals surface area contributed by atoms with Gasteiger partial charge in [-0.05, 0) is 46.4 Å². The average molecular weight is 447 g/mol. The topological polar surface area (TPSA) is 119 Å². The molecular weight excluding hydrogens is 416 g/mol. The molecule has 0 bridgehead atoms. The first-order chi connectivity index (χ1) is 15.7. The molecule has 33 heavy (non-hydrogen) atoms. The van der Waals surface area contributed by atoms with Gasteiger partial charge in [-0.15, -0.1) is 5.10 Å². The predicted molar refractivity (Wildman–Crippen MR) is 127 cm³/mol. The van der Waals surface area contributed by atoms with Gasteiger partial charge in [0.2, 0.25) is 0 Å². The minimum atomic E-state index is -0.479. The van der Waals surface area contributed by atoms with Gasteiger partial charge in [-0.2, -0.15) is 0 Å². The zero-order valence-corrected chi connectivity index (χ0v) is 18.9. The Bertz CT molecular complexity index is 1120. The highest BCUT2D eigenvalue weighted by Gasteiger charge is 2.49. The summed E-state index contributed by atoms with van der Waals surface area (Å²) in [6.07, 6.45) is 7.01. The highest BCUT2D eigenvalue weighted by atomic mass is 16.2. The molecule has 0 atom stereocenters. The number of aromatic amines is 1. The number of hydrogen-bond acceptors (Lipinski definition) is 5. The van der Waals surface area contributed by atoms with E-state index in [4.69, 9.17) is 4.99 Å². The van der Waals surface area contributed by atoms with E-state index in [0.29, 0.717) is 12.4 Å². The maximum absolute atomic E-state index is 13.4. The number of rotatable bonds is 7. The van der Waals surface area contributed by atoms with Crippen LogP contribution in [0, 0.1) is 0 Å². The third kappa shape index (κ3) is 4.30. The van der Waals surface area contributed by atoms with Gasteiger partial charge in [-0.1, -0.05) is 74.7 Å². The zero-order valence-electron chi connectivity index (χ0n) is 18.9. The Labute approximate surface area is 193 Å². The van der Waals surface area contributed by atoms with Crippen LogP contribution in [-0.2, 0) is 11.3 Å². The van der Waals surface area contributed by atoms with Gasteiger partial charge in [-0.3, -0.25) is 14.7 Å². The Kier molecular flexibility index (Phi) is 6.65. The summed E-state index contributed by atoms with van der Waals surface area (Å²) in [6, 6.07) is 16.5. The Morgan fingerprint density at radius 2 is 1.76 bits per heavy atom. The van der Waals surface area contributed by atoms with Crippen molar-refractivity contribution in [3.8, 4) is 22.5 Å². The standard InChI is InChI=1S/C25H28N6O.H2O/c1-2-3-10-22-26-25(15-6-7-16-25)24(32)31(22)17-18-11-13-19(14-12-18)20-8-4-5-9-21(20)23-27-29-30-28-23;/h4-5,8-9,11-14H,2-3,6-7,10,15-17H2,1H3,(H,27,28,29,30);1H2. The fourth-order valence-electron chi connectivity index (χ4n) is 4.88. The molecule has 2 aliphatic rings. The van der Waals surface area contributed by atoms with Crippen molar-refractivity contribution in [3.63, 3.8) is 0 Å². The van der Waals surface area contributed by atoms with Gasteiger partial charge in [0.15, 0.2) is 5.82 Å². The van der Waals surface area contributed by atoms with Crippen LogP contribution >= 0.6 is 0 Å². The van der Waals surface area contributed by atoms with Crippen LogP contribution in [0.15, 0.2) is 53.5 Å². The summed E-state index contributed by atoms with van der Waals surface area (Å²) in [7, 11) is 0. The first-order valence-electron chi connectivity index (χ1n) is 11.5. The SMILES string of the molecule is CCCCC1=NC2(CCCC2)C(=O)N1Cc1ccc(-c2ccccc2-c2nnn[nH]2)cc1.O. The van der Waals surface area contributed by atoms with E-state index in [-0.39, 0.29) is 11.4 Å². The molecule has 2 heterocycles. The molecule has 172 valence electrons. The molecule has 1 aliphatic carbocycles. The lowest BCUT2D eigenvalue weighted by molar-refractivity contribution is -0.131. The highest BCUT2D eigenvalue weighted by Crippen LogP contribution is 2.40. The number of aliphatic imine (C=N–C) groups is 1. The maximum atomic E-state index is 13.4. The summed E-state index contributed by atoms with van der Waals surface area (Å²) >= 11 is 0. The third-order valence-corrected chi connectivity index (χ3v) is 6.62. The summed E-state index contributed by atoms with van der Waals surface area (Å²) in [6.45, 7) is 2.76. The number of unbranched alkanes of at least 4 members (excludes halogenated alkanes) is 1. The number of benzene rings is 2. The molecule has 5 rings (SSSR count). The molecule has 1 aliphatic heterocycles. The first-order valence-corrected chi connectivity index (χ1v) is 11.5. The number of nitrogens with one attached hydrogen (secondary N) is 1. The molecule has 1 aromatic heterocycles. The smallest absolute Gasteiger partial charge is 0.256 e. The fraction of sp³-hybridized carbons (Fsp3) is 0.400. The number of nitrogens with zero attached hydrogens (tertiary/aromatic N) is 5. The first kappa shape index (κ1) is 22.8. The molecule has 3 aromatic rings. The van der Waals surface area contributed by atoms with Crippen molar-refractivity contribution in [3.05, 3.63) is 54.1 Å². The van der Waals surface area contributed by atoms with Gasteiger partial charge in [-0.25, -0.2) is 5.10 Å². The molecule has 0 unspecified atom stereocenters. The summed E-state index contributed by atoms with van der Waals surface area (Å²) in [5.41, 5.74) is 3.73. The van der Waals surface area contributed by atoms with E-state index in [2.05, 4.69) is 57.9 Å². The van der Waals surface area contributed by atoms with Gasteiger partial charge < -0.3 is 5.48 Å². The normalized spacial score (nSPS) is 16.8. The Balaban J connectivity index is 0.00000259. The Morgan fingerprint density at radius 1 is 1.03 bits per heavy atom. The van der Waals surface area contributed by atoms with Gasteiger partial charge in [0, 0.05) is 12.0 Å². The molecule has 1 saturated carbocycles. The number of tetrazole rings is 1. The summed E-state index contributed by atoms with van der Waals surface area (Å²) < 4.78 is 0. The van der Waals surface area contributed by atoms with Crippen molar-refractivity contribution in [1.82, 2.24) is 25.5 Å². The van der Waals surface area contributed by atoms with E-state index in [9.17, 15) is 4.79 Å². The monoisotopic (exact) mass is 446 g/mol. The largest absolute Gasteiger partial charge is 0.412 e. The van der Waals surface area contributed by atoms with Crippen molar-refractivity contribution in [2.24, 2.45) is 4.99 Å². The predicted octanol–water partition coefficient (Wildman–Crippen LogP) is 3.95. The zero-order chi connectivity index (χ0) is 22.0. The van der Waals surface area contributed by atoms with Crippen molar-refractivity contribution in [2.45, 2.75) is 64.0 Å². The average Bonchev–Trinajstić information content (AvgIpc) is 3.58. The van der Waals surface area contributed by atoms with Crippen LogP contribution in [0.5, 0.6) is 0 Å². The number of hydrogen-bond donors (Lipinski definition) is 1. The quantitative estimate of drug-likeness (QED) is 0.591. The lowest BCUT2D eigenvalue weighted by Gasteiger charge is -2.23.